The van der Waals surface area contributed by atoms with Gasteiger partial charge in [-0.15, -0.1) is 0 Å². The number of fused-ring (bicyclic) bond motifs is 1. The van der Waals surface area contributed by atoms with E-state index in [4.69, 9.17) is 0 Å². The molecular formula is C17H22N4O. The van der Waals surface area contributed by atoms with E-state index in [0.717, 1.165) is 24.2 Å². The molecule has 0 radical (unpaired) electrons. The molecule has 0 aromatic carbocycles. The van der Waals surface area contributed by atoms with Gasteiger partial charge in [-0.1, -0.05) is 11.6 Å². The highest BCUT2D eigenvalue weighted by molar-refractivity contribution is 5.93. The molecule has 116 valence electrons. The van der Waals surface area contributed by atoms with Crippen LogP contribution in [0.5, 0.6) is 0 Å². The summed E-state index contributed by atoms with van der Waals surface area (Å²) in [6.45, 7) is 5.90. The number of amides is 1. The van der Waals surface area contributed by atoms with Crippen molar-refractivity contribution in [1.82, 2.24) is 19.9 Å². The predicted molar refractivity (Wildman–Crippen MR) is 85.9 cm³/mol. The normalized spacial score (nSPS) is 16.4. The SMILES string of the molecule is Cc1cc2nc(C(=O)NC(C)C3=CCCCC3)cc(C)n2n1. The topological polar surface area (TPSA) is 59.3 Å². The zero-order valence-electron chi connectivity index (χ0n) is 13.4. The summed E-state index contributed by atoms with van der Waals surface area (Å²) in [5, 5.41) is 7.43. The van der Waals surface area contributed by atoms with E-state index in [9.17, 15) is 4.79 Å². The van der Waals surface area contributed by atoms with Crippen molar-refractivity contribution in [2.75, 3.05) is 0 Å². The van der Waals surface area contributed by atoms with Crippen molar-refractivity contribution >= 4 is 11.6 Å². The molecule has 0 spiro atoms. The molecule has 2 heterocycles. The number of carbonyl (C=O) groups excluding carboxylic acids is 1. The Morgan fingerprint density at radius 1 is 1.32 bits per heavy atom. The van der Waals surface area contributed by atoms with Crippen LogP contribution in [0.1, 0.15) is 54.5 Å². The fraction of sp³-hybridized carbons (Fsp3) is 0.471. The molecule has 3 rings (SSSR count). The van der Waals surface area contributed by atoms with Crippen LogP contribution in [0.3, 0.4) is 0 Å². The number of hydrogen-bond donors (Lipinski definition) is 1. The Balaban J connectivity index is 1.81. The van der Waals surface area contributed by atoms with Gasteiger partial charge < -0.3 is 5.32 Å². The molecule has 0 bridgehead atoms. The quantitative estimate of drug-likeness (QED) is 0.886. The zero-order chi connectivity index (χ0) is 15.7. The number of allylic oxidation sites excluding steroid dienone is 1. The first kappa shape index (κ1) is 14.8. The van der Waals surface area contributed by atoms with Crippen LogP contribution in [0.15, 0.2) is 23.8 Å². The Morgan fingerprint density at radius 2 is 2.14 bits per heavy atom. The van der Waals surface area contributed by atoms with Gasteiger partial charge in [0.2, 0.25) is 0 Å². The minimum absolute atomic E-state index is 0.0674. The molecule has 0 saturated carbocycles. The summed E-state index contributed by atoms with van der Waals surface area (Å²) >= 11 is 0. The van der Waals surface area contributed by atoms with Gasteiger partial charge in [-0.2, -0.15) is 5.10 Å². The van der Waals surface area contributed by atoms with Gasteiger partial charge in [-0.05, 0) is 52.5 Å². The molecule has 2 aromatic heterocycles. The molecule has 1 aliphatic rings. The van der Waals surface area contributed by atoms with Crippen molar-refractivity contribution < 1.29 is 4.79 Å². The molecule has 5 nitrogen and oxygen atoms in total. The van der Waals surface area contributed by atoms with Crippen molar-refractivity contribution in [3.05, 3.63) is 40.9 Å². The Kier molecular flexibility index (Phi) is 3.96. The van der Waals surface area contributed by atoms with Crippen LogP contribution in [0.2, 0.25) is 0 Å². The van der Waals surface area contributed by atoms with E-state index in [2.05, 4.69) is 21.5 Å². The number of nitrogens with one attached hydrogen (secondary N) is 1. The minimum atomic E-state index is -0.122. The number of hydrogen-bond acceptors (Lipinski definition) is 3. The first-order valence-corrected chi connectivity index (χ1v) is 7.88. The summed E-state index contributed by atoms with van der Waals surface area (Å²) in [6.07, 6.45) is 6.92. The van der Waals surface area contributed by atoms with Crippen LogP contribution in [0.4, 0.5) is 0 Å². The molecule has 1 aliphatic carbocycles. The van der Waals surface area contributed by atoms with E-state index in [1.54, 1.807) is 10.6 Å². The second kappa shape index (κ2) is 5.91. The molecule has 0 saturated heterocycles. The highest BCUT2D eigenvalue weighted by Gasteiger charge is 2.17. The van der Waals surface area contributed by atoms with Gasteiger partial charge in [0.05, 0.1) is 5.69 Å². The summed E-state index contributed by atoms with van der Waals surface area (Å²) in [6, 6.07) is 3.74. The van der Waals surface area contributed by atoms with E-state index in [1.165, 1.54) is 18.4 Å². The lowest BCUT2D eigenvalue weighted by atomic mass is 9.95. The first-order valence-electron chi connectivity index (χ1n) is 7.88. The fourth-order valence-corrected chi connectivity index (χ4v) is 2.98. The largest absolute Gasteiger partial charge is 0.345 e. The molecule has 0 aliphatic heterocycles. The molecule has 1 unspecified atom stereocenters. The molecular weight excluding hydrogens is 276 g/mol. The average Bonchev–Trinajstić information content (AvgIpc) is 2.89. The van der Waals surface area contributed by atoms with Crippen LogP contribution in [0.25, 0.3) is 5.65 Å². The lowest BCUT2D eigenvalue weighted by Crippen LogP contribution is -2.35. The molecule has 22 heavy (non-hydrogen) atoms. The summed E-state index contributed by atoms with van der Waals surface area (Å²) in [4.78, 5) is 16.9. The van der Waals surface area contributed by atoms with Gasteiger partial charge in [0, 0.05) is 17.8 Å². The summed E-state index contributed by atoms with van der Waals surface area (Å²) in [5.41, 5.74) is 4.31. The van der Waals surface area contributed by atoms with Crippen LogP contribution in [0, 0.1) is 13.8 Å². The molecule has 1 N–H and O–H groups in total. The van der Waals surface area contributed by atoms with Crippen LogP contribution in [-0.2, 0) is 0 Å². The van der Waals surface area contributed by atoms with Crippen molar-refractivity contribution in [3.8, 4) is 0 Å². The maximum atomic E-state index is 12.5. The van der Waals surface area contributed by atoms with Crippen LogP contribution < -0.4 is 5.32 Å². The van der Waals surface area contributed by atoms with Crippen molar-refractivity contribution in [2.45, 2.75) is 52.5 Å². The van der Waals surface area contributed by atoms with Gasteiger partial charge in [0.1, 0.15) is 5.69 Å². The van der Waals surface area contributed by atoms with E-state index in [1.807, 2.05) is 26.8 Å². The highest BCUT2D eigenvalue weighted by atomic mass is 16.1. The number of rotatable bonds is 3. The third-order valence-corrected chi connectivity index (χ3v) is 4.19. The molecule has 1 atom stereocenters. The third kappa shape index (κ3) is 2.89. The van der Waals surface area contributed by atoms with Crippen molar-refractivity contribution in [1.29, 1.82) is 0 Å². The summed E-state index contributed by atoms with van der Waals surface area (Å²) in [7, 11) is 0. The lowest BCUT2D eigenvalue weighted by molar-refractivity contribution is 0.0939. The van der Waals surface area contributed by atoms with Crippen molar-refractivity contribution in [2.24, 2.45) is 0 Å². The second-order valence-electron chi connectivity index (χ2n) is 6.06. The number of aromatic nitrogens is 3. The number of carbonyl (C=O) groups is 1. The van der Waals surface area contributed by atoms with Crippen LogP contribution in [-0.4, -0.2) is 26.5 Å². The average molecular weight is 298 g/mol. The zero-order valence-corrected chi connectivity index (χ0v) is 13.4. The molecule has 5 heteroatoms. The lowest BCUT2D eigenvalue weighted by Gasteiger charge is -2.20. The fourth-order valence-electron chi connectivity index (χ4n) is 2.98. The summed E-state index contributed by atoms with van der Waals surface area (Å²) in [5.74, 6) is -0.122. The Labute approximate surface area is 130 Å². The highest BCUT2D eigenvalue weighted by Crippen LogP contribution is 2.20. The number of aryl methyl sites for hydroxylation is 2. The summed E-state index contributed by atoms with van der Waals surface area (Å²) < 4.78 is 1.76. The minimum Gasteiger partial charge on any atom is -0.345 e. The van der Waals surface area contributed by atoms with Gasteiger partial charge in [0.15, 0.2) is 5.65 Å². The Bertz CT molecular complexity index is 744. The van der Waals surface area contributed by atoms with Gasteiger partial charge >= 0.3 is 0 Å². The predicted octanol–water partition coefficient (Wildman–Crippen LogP) is 2.96. The van der Waals surface area contributed by atoms with E-state index in [-0.39, 0.29) is 11.9 Å². The standard InChI is InChI=1S/C17H22N4O/c1-11-9-16-19-15(10-12(2)21(16)20-11)17(22)18-13(3)14-7-5-4-6-8-14/h7,9-10,13H,4-6,8H2,1-3H3,(H,18,22). The van der Waals surface area contributed by atoms with E-state index in [0.29, 0.717) is 11.3 Å². The van der Waals surface area contributed by atoms with Gasteiger partial charge in [0.25, 0.3) is 5.91 Å². The Morgan fingerprint density at radius 3 is 2.86 bits per heavy atom. The number of nitrogens with zero attached hydrogens (tertiary/aromatic N) is 3. The van der Waals surface area contributed by atoms with Crippen LogP contribution >= 0.6 is 0 Å². The smallest absolute Gasteiger partial charge is 0.270 e. The van der Waals surface area contributed by atoms with Gasteiger partial charge in [-0.25, -0.2) is 9.50 Å². The molecule has 1 amide bonds. The molecule has 2 aromatic rings. The van der Waals surface area contributed by atoms with Gasteiger partial charge in [-0.3, -0.25) is 4.79 Å². The van der Waals surface area contributed by atoms with Crippen molar-refractivity contribution in [3.63, 3.8) is 0 Å². The maximum Gasteiger partial charge on any atom is 0.270 e. The maximum absolute atomic E-state index is 12.5. The first-order chi connectivity index (χ1) is 10.5. The van der Waals surface area contributed by atoms with E-state index >= 15 is 0 Å². The Hall–Kier alpha value is -2.17. The monoisotopic (exact) mass is 298 g/mol. The second-order valence-corrected chi connectivity index (χ2v) is 6.06. The third-order valence-electron chi connectivity index (χ3n) is 4.19. The molecule has 0 fully saturated rings. The van der Waals surface area contributed by atoms with E-state index < -0.39 is 0 Å².